The lowest BCUT2D eigenvalue weighted by Crippen LogP contribution is -2.45. The average Bonchev–Trinajstić information content (AvgIpc) is 3.94. The third kappa shape index (κ3) is 6.79. The zero-order valence-electron chi connectivity index (χ0n) is 31.2. The summed E-state index contributed by atoms with van der Waals surface area (Å²) in [4.78, 5) is 33.4. The van der Waals surface area contributed by atoms with Gasteiger partial charge in [0.1, 0.15) is 0 Å². The number of amides is 2. The number of nitrogens with zero attached hydrogens (tertiary/aromatic N) is 4. The molecule has 0 radical (unpaired) electrons. The molecule has 8 rings (SSSR count). The van der Waals surface area contributed by atoms with Crippen LogP contribution in [0, 0.1) is 5.92 Å². The predicted octanol–water partition coefficient (Wildman–Crippen LogP) is 7.48. The first kappa shape index (κ1) is 36.5. The van der Waals surface area contributed by atoms with Crippen LogP contribution in [0.15, 0.2) is 116 Å². The van der Waals surface area contributed by atoms with Crippen molar-refractivity contribution in [3.8, 4) is 0 Å². The SMILES string of the molecule is C[C@H]1[C@H]([Si](C)(C)F)[C@@H](CCn2cc(C(CO)c3ccccc3)nn2)O[C@]12C(=O)N(Cc1ccccc1)c1ccc(NC(=O)Cc3c[nH]c4ccccc34)cc12. The number of aliphatic hydroxyl groups is 1. The number of H-pyrrole nitrogens is 1. The van der Waals surface area contributed by atoms with E-state index in [1.54, 1.807) is 22.7 Å². The molecule has 2 aromatic heterocycles. The molecule has 5 atom stereocenters. The van der Waals surface area contributed by atoms with E-state index < -0.39 is 31.6 Å². The molecule has 1 fully saturated rings. The third-order valence-electron chi connectivity index (χ3n) is 11.4. The van der Waals surface area contributed by atoms with Crippen molar-refractivity contribution < 1.29 is 23.5 Å². The second-order valence-corrected chi connectivity index (χ2v) is 19.1. The highest BCUT2D eigenvalue weighted by atomic mass is 28.4. The van der Waals surface area contributed by atoms with Crippen molar-refractivity contribution in [3.63, 3.8) is 0 Å². The molecule has 4 aromatic carbocycles. The fourth-order valence-corrected chi connectivity index (χ4v) is 11.4. The van der Waals surface area contributed by atoms with E-state index in [-0.39, 0.29) is 30.8 Å². The predicted molar refractivity (Wildman–Crippen MR) is 213 cm³/mol. The maximum atomic E-state index is 16.6. The van der Waals surface area contributed by atoms with Crippen LogP contribution in [0.2, 0.25) is 18.6 Å². The van der Waals surface area contributed by atoms with Gasteiger partial charge in [-0.3, -0.25) is 14.3 Å². The molecule has 12 heteroatoms. The number of aliphatic hydroxyl groups excluding tert-OH is 1. The Hall–Kier alpha value is -5.43. The number of rotatable bonds is 12. The molecule has 6 aromatic rings. The summed E-state index contributed by atoms with van der Waals surface area (Å²) in [5, 5.41) is 23.0. The average molecular weight is 757 g/mol. The van der Waals surface area contributed by atoms with Gasteiger partial charge in [-0.25, -0.2) is 0 Å². The minimum atomic E-state index is -3.44. The monoisotopic (exact) mass is 756 g/mol. The number of ether oxygens (including phenoxy) is 1. The standard InChI is InChI=1S/C43H45FN6O4Si/c1-28-41(55(2,3)44)39(20-21-49-26-37(47-48-49)34(27-51)30-14-8-5-9-15-30)54-43(28)35-23-32(46-40(52)22-31-24-45-36-17-11-10-16-33(31)36)18-19-38(35)50(42(43)53)25-29-12-6-4-7-13-29/h4-19,23-24,26,28,34,39,41,45,51H,20-22,25,27H2,1-3H3,(H,46,52)/t28-,34?,39+,41-,43+/m0/s1. The molecule has 3 N–H and O–H groups in total. The molecule has 1 saturated heterocycles. The van der Waals surface area contributed by atoms with E-state index in [2.05, 4.69) is 20.6 Å². The summed E-state index contributed by atoms with van der Waals surface area (Å²) < 4.78 is 25.3. The number of fused-ring (bicyclic) bond motifs is 3. The minimum Gasteiger partial charge on any atom is -0.395 e. The second kappa shape index (κ2) is 14.7. The molecule has 2 aliphatic rings. The number of carbonyl (C=O) groups excluding carboxylic acids is 2. The number of nitrogens with one attached hydrogen (secondary N) is 2. The molecule has 0 aliphatic carbocycles. The number of carbonyl (C=O) groups is 2. The summed E-state index contributed by atoms with van der Waals surface area (Å²) in [6.07, 6.45) is 3.65. The van der Waals surface area contributed by atoms with Crippen molar-refractivity contribution in [2.24, 2.45) is 5.92 Å². The van der Waals surface area contributed by atoms with Crippen molar-refractivity contribution in [2.75, 3.05) is 16.8 Å². The lowest BCUT2D eigenvalue weighted by Gasteiger charge is -2.31. The highest BCUT2D eigenvalue weighted by molar-refractivity contribution is 6.72. The molecule has 0 saturated carbocycles. The maximum absolute atomic E-state index is 16.6. The number of hydrogen-bond acceptors (Lipinski definition) is 6. The Labute approximate surface area is 320 Å². The van der Waals surface area contributed by atoms with Gasteiger partial charge in [-0.1, -0.05) is 91.0 Å². The molecule has 2 amide bonds. The smallest absolute Gasteiger partial charge is 0.264 e. The fourth-order valence-electron chi connectivity index (χ4n) is 8.87. The number of aromatic amines is 1. The summed E-state index contributed by atoms with van der Waals surface area (Å²) in [6.45, 7) is 5.89. The summed E-state index contributed by atoms with van der Waals surface area (Å²) in [5.41, 5.74) is 4.25. The number of para-hydroxylation sites is 1. The Balaban J connectivity index is 1.10. The molecule has 282 valence electrons. The van der Waals surface area contributed by atoms with Crippen LogP contribution in [0.5, 0.6) is 0 Å². The molecular formula is C43H45FN6O4Si. The van der Waals surface area contributed by atoms with E-state index in [0.717, 1.165) is 27.6 Å². The second-order valence-electron chi connectivity index (χ2n) is 15.3. The molecule has 0 bridgehead atoms. The molecule has 1 unspecified atom stereocenters. The lowest BCUT2D eigenvalue weighted by atomic mass is 9.82. The Kier molecular flexibility index (Phi) is 9.74. The first-order chi connectivity index (χ1) is 26.6. The van der Waals surface area contributed by atoms with E-state index in [4.69, 9.17) is 4.74 Å². The van der Waals surface area contributed by atoms with E-state index in [0.29, 0.717) is 42.1 Å². The van der Waals surface area contributed by atoms with Crippen LogP contribution in [0.3, 0.4) is 0 Å². The van der Waals surface area contributed by atoms with Crippen LogP contribution in [0.25, 0.3) is 10.9 Å². The largest absolute Gasteiger partial charge is 0.395 e. The van der Waals surface area contributed by atoms with E-state index in [1.807, 2.05) is 122 Å². The van der Waals surface area contributed by atoms with Crippen LogP contribution in [0.1, 0.15) is 47.2 Å². The van der Waals surface area contributed by atoms with Crippen LogP contribution in [-0.4, -0.2) is 58.0 Å². The topological polar surface area (TPSA) is 125 Å². The molecular weight excluding hydrogens is 712 g/mol. The number of halogens is 1. The Morgan fingerprint density at radius 1 is 1.04 bits per heavy atom. The molecule has 55 heavy (non-hydrogen) atoms. The van der Waals surface area contributed by atoms with Crippen LogP contribution in [-0.2, 0) is 39.4 Å². The Bertz CT molecular complexity index is 2330. The Morgan fingerprint density at radius 3 is 2.51 bits per heavy atom. The number of hydrogen-bond donors (Lipinski definition) is 3. The van der Waals surface area contributed by atoms with Crippen LogP contribution >= 0.6 is 0 Å². The van der Waals surface area contributed by atoms with Crippen molar-refractivity contribution in [3.05, 3.63) is 143 Å². The quantitative estimate of drug-likeness (QED) is 0.0879. The fraction of sp³-hybridized carbons (Fsp3) is 0.302. The van der Waals surface area contributed by atoms with Gasteiger partial charge in [0.25, 0.3) is 5.91 Å². The van der Waals surface area contributed by atoms with Crippen molar-refractivity contribution in [2.45, 2.75) is 69.1 Å². The zero-order chi connectivity index (χ0) is 38.3. The molecule has 10 nitrogen and oxygen atoms in total. The summed E-state index contributed by atoms with van der Waals surface area (Å²) >= 11 is 0. The van der Waals surface area contributed by atoms with Crippen molar-refractivity contribution in [1.29, 1.82) is 0 Å². The van der Waals surface area contributed by atoms with Crippen LogP contribution in [0.4, 0.5) is 15.5 Å². The van der Waals surface area contributed by atoms with Crippen LogP contribution < -0.4 is 10.2 Å². The minimum absolute atomic E-state index is 0.120. The first-order valence-electron chi connectivity index (χ1n) is 18.8. The third-order valence-corrected chi connectivity index (χ3v) is 13.9. The number of aromatic nitrogens is 4. The summed E-state index contributed by atoms with van der Waals surface area (Å²) in [6, 6.07) is 32.8. The van der Waals surface area contributed by atoms with E-state index in [1.165, 1.54) is 0 Å². The lowest BCUT2D eigenvalue weighted by molar-refractivity contribution is -0.146. The van der Waals surface area contributed by atoms with Gasteiger partial charge < -0.3 is 29.2 Å². The van der Waals surface area contributed by atoms with E-state index >= 15 is 4.11 Å². The summed E-state index contributed by atoms with van der Waals surface area (Å²) in [7, 11) is -3.44. The van der Waals surface area contributed by atoms with Gasteiger partial charge in [0.05, 0.1) is 43.0 Å². The zero-order valence-corrected chi connectivity index (χ0v) is 32.2. The van der Waals surface area contributed by atoms with Crippen molar-refractivity contribution >= 4 is 42.5 Å². The first-order valence-corrected chi connectivity index (χ1v) is 21.8. The Morgan fingerprint density at radius 2 is 1.76 bits per heavy atom. The highest BCUT2D eigenvalue weighted by Crippen LogP contribution is 2.60. The molecule has 1 spiro atoms. The molecule has 4 heterocycles. The van der Waals surface area contributed by atoms with Gasteiger partial charge >= 0.3 is 0 Å². The van der Waals surface area contributed by atoms with Gasteiger partial charge in [0.15, 0.2) is 5.60 Å². The maximum Gasteiger partial charge on any atom is 0.264 e. The normalized spacial score (nSPS) is 21.4. The van der Waals surface area contributed by atoms with Crippen molar-refractivity contribution in [1.82, 2.24) is 20.0 Å². The van der Waals surface area contributed by atoms with Gasteiger partial charge in [-0.2, -0.15) is 0 Å². The van der Waals surface area contributed by atoms with Gasteiger partial charge in [0.2, 0.25) is 14.3 Å². The number of anilines is 2. The highest BCUT2D eigenvalue weighted by Gasteiger charge is 2.66. The van der Waals surface area contributed by atoms with Gasteiger partial charge in [-0.05, 0) is 60.5 Å². The number of benzene rings is 4. The number of aryl methyl sites for hydroxylation is 1. The molecule has 2 aliphatic heterocycles. The van der Waals surface area contributed by atoms with Gasteiger partial charge in [0, 0.05) is 52.6 Å². The summed E-state index contributed by atoms with van der Waals surface area (Å²) in [5.74, 6) is -1.26. The van der Waals surface area contributed by atoms with Gasteiger partial charge in [-0.15, -0.1) is 5.10 Å². The van der Waals surface area contributed by atoms with E-state index in [9.17, 15) is 14.7 Å².